The second kappa shape index (κ2) is 6.03. The first-order chi connectivity index (χ1) is 8.66. The molecule has 2 nitrogen and oxygen atoms in total. The summed E-state index contributed by atoms with van der Waals surface area (Å²) >= 11 is 0. The number of hydrogen-bond acceptors (Lipinski definition) is 2. The molecule has 2 heteroatoms. The number of Topliss-reactive ketones (excluding diaryl/α,β-unsaturated/α-hetero) is 1. The fourth-order valence-corrected chi connectivity index (χ4v) is 2.64. The number of benzene rings is 1. The van der Waals surface area contributed by atoms with E-state index < -0.39 is 0 Å². The standard InChI is InChI=1S/C16H22O2/c1-12(2)18-16-10-6-5-9-14(16)15(17)11-13-7-3-4-8-13/h5-6,9-10,12-13H,3-4,7-8,11H2,1-2H3. The Morgan fingerprint density at radius 1 is 1.28 bits per heavy atom. The Kier molecular flexibility index (Phi) is 4.40. The molecule has 98 valence electrons. The number of rotatable bonds is 5. The van der Waals surface area contributed by atoms with Crippen molar-refractivity contribution >= 4 is 5.78 Å². The molecular weight excluding hydrogens is 224 g/mol. The second-order valence-electron chi connectivity index (χ2n) is 5.44. The first-order valence-electron chi connectivity index (χ1n) is 6.95. The van der Waals surface area contributed by atoms with Crippen LogP contribution in [0.2, 0.25) is 0 Å². The molecule has 1 aliphatic rings. The molecule has 1 aromatic rings. The van der Waals surface area contributed by atoms with Crippen molar-refractivity contribution in [3.05, 3.63) is 29.8 Å². The Morgan fingerprint density at radius 3 is 2.61 bits per heavy atom. The van der Waals surface area contributed by atoms with Crippen LogP contribution in [-0.2, 0) is 0 Å². The molecule has 0 amide bonds. The van der Waals surface area contributed by atoms with Crippen LogP contribution in [0.3, 0.4) is 0 Å². The van der Waals surface area contributed by atoms with E-state index in [2.05, 4.69) is 0 Å². The summed E-state index contributed by atoms with van der Waals surface area (Å²) in [6.07, 6.45) is 5.76. The molecule has 1 fully saturated rings. The van der Waals surface area contributed by atoms with Gasteiger partial charge in [-0.05, 0) is 31.9 Å². The van der Waals surface area contributed by atoms with E-state index in [1.165, 1.54) is 25.7 Å². The van der Waals surface area contributed by atoms with Crippen LogP contribution in [-0.4, -0.2) is 11.9 Å². The lowest BCUT2D eigenvalue weighted by Gasteiger charge is -2.14. The Balaban J connectivity index is 2.08. The summed E-state index contributed by atoms with van der Waals surface area (Å²) in [7, 11) is 0. The molecule has 18 heavy (non-hydrogen) atoms. The fraction of sp³-hybridized carbons (Fsp3) is 0.562. The van der Waals surface area contributed by atoms with E-state index in [9.17, 15) is 4.79 Å². The maximum Gasteiger partial charge on any atom is 0.166 e. The molecule has 0 N–H and O–H groups in total. The van der Waals surface area contributed by atoms with Gasteiger partial charge in [-0.25, -0.2) is 0 Å². The minimum atomic E-state index is 0.102. The Labute approximate surface area is 109 Å². The first kappa shape index (κ1) is 13.1. The van der Waals surface area contributed by atoms with Gasteiger partial charge in [0.1, 0.15) is 5.75 Å². The van der Waals surface area contributed by atoms with Crippen molar-refractivity contribution in [2.45, 2.75) is 52.1 Å². The average molecular weight is 246 g/mol. The highest BCUT2D eigenvalue weighted by Crippen LogP contribution is 2.30. The maximum atomic E-state index is 12.3. The van der Waals surface area contributed by atoms with Gasteiger partial charge in [0.2, 0.25) is 0 Å². The largest absolute Gasteiger partial charge is 0.490 e. The van der Waals surface area contributed by atoms with E-state index in [1.807, 2.05) is 38.1 Å². The first-order valence-corrected chi connectivity index (χ1v) is 6.95. The molecule has 1 aliphatic carbocycles. The van der Waals surface area contributed by atoms with Gasteiger partial charge in [0.05, 0.1) is 11.7 Å². The van der Waals surface area contributed by atoms with Gasteiger partial charge in [-0.3, -0.25) is 4.79 Å². The van der Waals surface area contributed by atoms with Crippen LogP contribution < -0.4 is 4.74 Å². The molecule has 1 aromatic carbocycles. The normalized spacial score (nSPS) is 16.2. The van der Waals surface area contributed by atoms with Crippen molar-refractivity contribution in [1.82, 2.24) is 0 Å². The van der Waals surface area contributed by atoms with E-state index in [1.54, 1.807) is 0 Å². The van der Waals surface area contributed by atoms with Gasteiger partial charge in [0, 0.05) is 6.42 Å². The monoisotopic (exact) mass is 246 g/mol. The second-order valence-corrected chi connectivity index (χ2v) is 5.44. The summed E-state index contributed by atoms with van der Waals surface area (Å²) in [5.41, 5.74) is 0.748. The summed E-state index contributed by atoms with van der Waals surface area (Å²) < 4.78 is 5.71. The third kappa shape index (κ3) is 3.34. The van der Waals surface area contributed by atoms with Crippen molar-refractivity contribution in [3.8, 4) is 5.75 Å². The highest BCUT2D eigenvalue weighted by Gasteiger charge is 2.21. The fourth-order valence-electron chi connectivity index (χ4n) is 2.64. The lowest BCUT2D eigenvalue weighted by atomic mass is 9.96. The van der Waals surface area contributed by atoms with Crippen LogP contribution in [0, 0.1) is 5.92 Å². The molecule has 0 heterocycles. The summed E-state index contributed by atoms with van der Waals surface area (Å²) in [5, 5.41) is 0. The predicted octanol–water partition coefficient (Wildman–Crippen LogP) is 4.24. The lowest BCUT2D eigenvalue weighted by molar-refractivity contribution is 0.0956. The van der Waals surface area contributed by atoms with Crippen LogP contribution in [0.5, 0.6) is 5.75 Å². The van der Waals surface area contributed by atoms with Crippen molar-refractivity contribution in [2.24, 2.45) is 5.92 Å². The van der Waals surface area contributed by atoms with E-state index in [-0.39, 0.29) is 11.9 Å². The number of carbonyl (C=O) groups is 1. The topological polar surface area (TPSA) is 26.3 Å². The van der Waals surface area contributed by atoms with Crippen LogP contribution in [0.1, 0.15) is 56.3 Å². The van der Waals surface area contributed by atoms with Crippen molar-refractivity contribution < 1.29 is 9.53 Å². The van der Waals surface area contributed by atoms with Crippen LogP contribution in [0.4, 0.5) is 0 Å². The van der Waals surface area contributed by atoms with E-state index in [0.29, 0.717) is 12.3 Å². The quantitative estimate of drug-likeness (QED) is 0.726. The van der Waals surface area contributed by atoms with Crippen LogP contribution in [0.15, 0.2) is 24.3 Å². The molecule has 0 aromatic heterocycles. The Morgan fingerprint density at radius 2 is 1.94 bits per heavy atom. The maximum absolute atomic E-state index is 12.3. The van der Waals surface area contributed by atoms with E-state index >= 15 is 0 Å². The highest BCUT2D eigenvalue weighted by atomic mass is 16.5. The lowest BCUT2D eigenvalue weighted by Crippen LogP contribution is -2.11. The summed E-state index contributed by atoms with van der Waals surface area (Å²) in [6.45, 7) is 3.97. The van der Waals surface area contributed by atoms with Gasteiger partial charge in [0.25, 0.3) is 0 Å². The molecule has 0 atom stereocenters. The molecule has 0 saturated heterocycles. The highest BCUT2D eigenvalue weighted by molar-refractivity contribution is 5.98. The summed E-state index contributed by atoms with van der Waals surface area (Å²) in [6, 6.07) is 7.61. The van der Waals surface area contributed by atoms with Gasteiger partial charge >= 0.3 is 0 Å². The smallest absolute Gasteiger partial charge is 0.166 e. The third-order valence-corrected chi connectivity index (χ3v) is 3.50. The van der Waals surface area contributed by atoms with Crippen LogP contribution >= 0.6 is 0 Å². The predicted molar refractivity (Wildman–Crippen MR) is 73.1 cm³/mol. The molecule has 0 aliphatic heterocycles. The van der Waals surface area contributed by atoms with Gasteiger partial charge in [-0.2, -0.15) is 0 Å². The van der Waals surface area contributed by atoms with Gasteiger partial charge in [-0.1, -0.05) is 37.8 Å². The molecule has 0 bridgehead atoms. The average Bonchev–Trinajstić information content (AvgIpc) is 2.81. The number of ketones is 1. The summed E-state index contributed by atoms with van der Waals surface area (Å²) in [4.78, 5) is 12.3. The molecular formula is C16H22O2. The van der Waals surface area contributed by atoms with E-state index in [4.69, 9.17) is 4.74 Å². The Bertz CT molecular complexity index is 403. The molecule has 0 unspecified atom stereocenters. The summed E-state index contributed by atoms with van der Waals surface area (Å²) in [5.74, 6) is 1.55. The Hall–Kier alpha value is -1.31. The number of ether oxygens (including phenoxy) is 1. The van der Waals surface area contributed by atoms with Crippen molar-refractivity contribution in [2.75, 3.05) is 0 Å². The zero-order chi connectivity index (χ0) is 13.0. The van der Waals surface area contributed by atoms with E-state index in [0.717, 1.165) is 11.3 Å². The van der Waals surface area contributed by atoms with Crippen molar-refractivity contribution in [1.29, 1.82) is 0 Å². The van der Waals surface area contributed by atoms with Crippen molar-refractivity contribution in [3.63, 3.8) is 0 Å². The van der Waals surface area contributed by atoms with Gasteiger partial charge in [0.15, 0.2) is 5.78 Å². The number of para-hydroxylation sites is 1. The third-order valence-electron chi connectivity index (χ3n) is 3.50. The van der Waals surface area contributed by atoms with Gasteiger partial charge in [-0.15, -0.1) is 0 Å². The SMILES string of the molecule is CC(C)Oc1ccccc1C(=O)CC1CCCC1. The minimum Gasteiger partial charge on any atom is -0.490 e. The minimum absolute atomic E-state index is 0.102. The number of carbonyl (C=O) groups excluding carboxylic acids is 1. The molecule has 0 radical (unpaired) electrons. The molecule has 2 rings (SSSR count). The van der Waals surface area contributed by atoms with Gasteiger partial charge < -0.3 is 4.74 Å². The van der Waals surface area contributed by atoms with Crippen LogP contribution in [0.25, 0.3) is 0 Å². The molecule has 0 spiro atoms. The molecule has 1 saturated carbocycles. The number of hydrogen-bond donors (Lipinski definition) is 0. The zero-order valence-corrected chi connectivity index (χ0v) is 11.3. The zero-order valence-electron chi connectivity index (χ0n) is 11.3.